The first kappa shape index (κ1) is 23.1. The predicted molar refractivity (Wildman–Crippen MR) is 109 cm³/mol. The molecule has 29 heavy (non-hydrogen) atoms. The van der Waals surface area contributed by atoms with Gasteiger partial charge in [0.15, 0.2) is 5.78 Å². The molecule has 0 spiro atoms. The zero-order valence-corrected chi connectivity index (χ0v) is 18.2. The summed E-state index contributed by atoms with van der Waals surface area (Å²) in [6.45, 7) is 6.66. The summed E-state index contributed by atoms with van der Waals surface area (Å²) in [6.07, 6.45) is -0.0421. The van der Waals surface area contributed by atoms with E-state index in [0.717, 1.165) is 0 Å². The Labute approximate surface area is 171 Å². The van der Waals surface area contributed by atoms with Crippen LogP contribution in [0.4, 0.5) is 4.79 Å². The van der Waals surface area contributed by atoms with Crippen LogP contribution in [-0.2, 0) is 23.4 Å². The van der Waals surface area contributed by atoms with Crippen molar-refractivity contribution >= 4 is 30.5 Å². The van der Waals surface area contributed by atoms with Crippen molar-refractivity contribution in [2.75, 3.05) is 19.8 Å². The Kier molecular flexibility index (Phi) is 7.60. The van der Waals surface area contributed by atoms with Crippen LogP contribution >= 0.6 is 7.37 Å². The smallest absolute Gasteiger partial charge is 0.408 e. The SMILES string of the molecule is CC(C)(C)OC(=O)N[C@@H](C[C@@H]1CCNC1=O)C(=O)COP(C)(=O)c1ccccc1. The van der Waals surface area contributed by atoms with Gasteiger partial charge in [-0.15, -0.1) is 0 Å². The highest BCUT2D eigenvalue weighted by Crippen LogP contribution is 2.41. The van der Waals surface area contributed by atoms with Gasteiger partial charge in [-0.3, -0.25) is 14.2 Å². The summed E-state index contributed by atoms with van der Waals surface area (Å²) in [7, 11) is -3.20. The number of alkyl carbamates (subject to hydrolysis) is 1. The normalized spacial score (nSPS) is 19.7. The highest BCUT2D eigenvalue weighted by molar-refractivity contribution is 7.66. The van der Waals surface area contributed by atoms with E-state index in [1.807, 2.05) is 0 Å². The lowest BCUT2D eigenvalue weighted by Gasteiger charge is -2.24. The first-order valence-corrected chi connectivity index (χ1v) is 11.6. The van der Waals surface area contributed by atoms with E-state index in [1.165, 1.54) is 6.66 Å². The first-order chi connectivity index (χ1) is 13.5. The molecule has 1 unspecified atom stereocenters. The van der Waals surface area contributed by atoms with E-state index >= 15 is 0 Å². The fourth-order valence-corrected chi connectivity index (χ4v) is 4.17. The van der Waals surface area contributed by atoms with E-state index < -0.39 is 37.5 Å². The second-order valence-electron chi connectivity index (χ2n) is 8.13. The maximum absolute atomic E-state index is 12.8. The molecule has 1 aromatic carbocycles. The molecular formula is C20H29N2O6P. The minimum Gasteiger partial charge on any atom is -0.444 e. The van der Waals surface area contributed by atoms with Crippen molar-refractivity contribution in [3.05, 3.63) is 30.3 Å². The summed E-state index contributed by atoms with van der Waals surface area (Å²) in [5.41, 5.74) is -0.731. The summed E-state index contributed by atoms with van der Waals surface area (Å²) in [5, 5.41) is 5.75. The zero-order valence-electron chi connectivity index (χ0n) is 17.3. The van der Waals surface area contributed by atoms with Crippen LogP contribution in [0.15, 0.2) is 30.3 Å². The van der Waals surface area contributed by atoms with Gasteiger partial charge in [0.05, 0.1) is 6.04 Å². The number of hydrogen-bond acceptors (Lipinski definition) is 6. The molecule has 1 aliphatic heterocycles. The van der Waals surface area contributed by atoms with Gasteiger partial charge in [0.25, 0.3) is 0 Å². The second kappa shape index (κ2) is 9.55. The molecule has 1 aliphatic rings. The average Bonchev–Trinajstić information content (AvgIpc) is 3.03. The Morgan fingerprint density at radius 2 is 1.93 bits per heavy atom. The number of hydrogen-bond donors (Lipinski definition) is 2. The van der Waals surface area contributed by atoms with Crippen LogP contribution in [-0.4, -0.2) is 49.2 Å². The number of ether oxygens (including phenoxy) is 1. The number of carbonyl (C=O) groups is 3. The van der Waals surface area contributed by atoms with Gasteiger partial charge in [-0.2, -0.15) is 0 Å². The van der Waals surface area contributed by atoms with E-state index in [-0.39, 0.29) is 18.2 Å². The third kappa shape index (κ3) is 7.29. The van der Waals surface area contributed by atoms with Crippen LogP contribution in [0.25, 0.3) is 0 Å². The van der Waals surface area contributed by atoms with Crippen molar-refractivity contribution in [2.24, 2.45) is 5.92 Å². The molecule has 0 radical (unpaired) electrons. The number of rotatable bonds is 8. The quantitative estimate of drug-likeness (QED) is 0.619. The maximum atomic E-state index is 12.8. The molecule has 3 atom stereocenters. The summed E-state index contributed by atoms with van der Waals surface area (Å²) in [5.74, 6) is -1.00. The average molecular weight is 424 g/mol. The topological polar surface area (TPSA) is 111 Å². The van der Waals surface area contributed by atoms with Gasteiger partial charge < -0.3 is 19.9 Å². The molecule has 1 aromatic rings. The van der Waals surface area contributed by atoms with Crippen LogP contribution in [0.3, 0.4) is 0 Å². The Balaban J connectivity index is 2.05. The Bertz CT molecular complexity index is 790. The highest BCUT2D eigenvalue weighted by atomic mass is 31.2. The van der Waals surface area contributed by atoms with Gasteiger partial charge in [-0.05, 0) is 45.7 Å². The largest absolute Gasteiger partial charge is 0.444 e. The van der Waals surface area contributed by atoms with E-state index in [2.05, 4.69) is 10.6 Å². The van der Waals surface area contributed by atoms with Crippen LogP contribution in [0.1, 0.15) is 33.6 Å². The standard InChI is InChI=1S/C20H29N2O6P/c1-20(2,3)28-19(25)22-16(12-14-10-11-21-18(14)24)17(23)13-27-29(4,26)15-8-6-5-7-9-15/h5-9,14,16H,10-13H2,1-4H3,(H,21,24)(H,22,25)/t14-,16-,29?/m0/s1. The van der Waals surface area contributed by atoms with Gasteiger partial charge in [0.2, 0.25) is 13.3 Å². The van der Waals surface area contributed by atoms with Crippen LogP contribution < -0.4 is 15.9 Å². The predicted octanol–water partition coefficient (Wildman–Crippen LogP) is 2.22. The molecule has 0 bridgehead atoms. The monoisotopic (exact) mass is 424 g/mol. The number of carbonyl (C=O) groups excluding carboxylic acids is 3. The lowest BCUT2D eigenvalue weighted by Crippen LogP contribution is -2.46. The number of amides is 2. The van der Waals surface area contributed by atoms with Crippen molar-refractivity contribution in [3.63, 3.8) is 0 Å². The lowest BCUT2D eigenvalue weighted by atomic mass is 9.96. The van der Waals surface area contributed by atoms with Gasteiger partial charge in [-0.25, -0.2) is 4.79 Å². The highest BCUT2D eigenvalue weighted by Gasteiger charge is 2.33. The summed E-state index contributed by atoms with van der Waals surface area (Å²) >= 11 is 0. The molecule has 0 aromatic heterocycles. The molecule has 1 saturated heterocycles. The fourth-order valence-electron chi connectivity index (χ4n) is 2.94. The minimum absolute atomic E-state index is 0.132. The molecular weight excluding hydrogens is 395 g/mol. The third-order valence-corrected chi connectivity index (χ3v) is 6.30. The molecule has 0 aliphatic carbocycles. The first-order valence-electron chi connectivity index (χ1n) is 9.55. The van der Waals surface area contributed by atoms with Gasteiger partial charge in [-0.1, -0.05) is 18.2 Å². The molecule has 1 heterocycles. The molecule has 9 heteroatoms. The van der Waals surface area contributed by atoms with Crippen molar-refractivity contribution in [2.45, 2.75) is 45.3 Å². The summed E-state index contributed by atoms with van der Waals surface area (Å²) in [4.78, 5) is 36.8. The van der Waals surface area contributed by atoms with E-state index in [9.17, 15) is 18.9 Å². The van der Waals surface area contributed by atoms with Crippen LogP contribution in [0, 0.1) is 5.92 Å². The molecule has 1 fully saturated rings. The van der Waals surface area contributed by atoms with Crippen molar-refractivity contribution < 1.29 is 28.2 Å². The van der Waals surface area contributed by atoms with Crippen molar-refractivity contribution in [1.29, 1.82) is 0 Å². The minimum atomic E-state index is -3.20. The molecule has 2 N–H and O–H groups in total. The lowest BCUT2D eigenvalue weighted by molar-refractivity contribution is -0.125. The summed E-state index contributed by atoms with van der Waals surface area (Å²) in [6, 6.07) is 7.64. The molecule has 0 saturated carbocycles. The van der Waals surface area contributed by atoms with Crippen LogP contribution in [0.5, 0.6) is 0 Å². The number of ketones is 1. The fraction of sp³-hybridized carbons (Fsp3) is 0.550. The molecule has 2 rings (SSSR count). The molecule has 2 amide bonds. The number of nitrogens with one attached hydrogen (secondary N) is 2. The Hall–Kier alpha value is -2.18. The molecule has 160 valence electrons. The third-order valence-electron chi connectivity index (χ3n) is 4.44. The van der Waals surface area contributed by atoms with E-state index in [1.54, 1.807) is 51.1 Å². The van der Waals surface area contributed by atoms with Gasteiger partial charge >= 0.3 is 6.09 Å². The van der Waals surface area contributed by atoms with Crippen molar-refractivity contribution in [3.8, 4) is 0 Å². The van der Waals surface area contributed by atoms with Crippen molar-refractivity contribution in [1.82, 2.24) is 10.6 Å². The van der Waals surface area contributed by atoms with E-state index in [4.69, 9.17) is 9.26 Å². The Morgan fingerprint density at radius 1 is 1.28 bits per heavy atom. The Morgan fingerprint density at radius 3 is 2.48 bits per heavy atom. The van der Waals surface area contributed by atoms with Gasteiger partial charge in [0.1, 0.15) is 12.2 Å². The summed E-state index contributed by atoms with van der Waals surface area (Å²) < 4.78 is 23.5. The van der Waals surface area contributed by atoms with Gasteiger partial charge in [0, 0.05) is 24.4 Å². The second-order valence-corrected chi connectivity index (χ2v) is 10.6. The molecule has 8 nitrogen and oxygen atoms in total. The maximum Gasteiger partial charge on any atom is 0.408 e. The van der Waals surface area contributed by atoms with Crippen LogP contribution in [0.2, 0.25) is 0 Å². The number of Topliss-reactive ketones (excluding diaryl/α,β-unsaturated/α-hetero) is 1. The van der Waals surface area contributed by atoms with E-state index in [0.29, 0.717) is 18.3 Å². The zero-order chi connectivity index (χ0) is 21.7. The number of benzene rings is 1.